The molecule has 1 aliphatic rings. The Bertz CT molecular complexity index is 805. The number of rotatable bonds is 4. The molecule has 1 aromatic carbocycles. The molecule has 3 aromatic rings. The van der Waals surface area contributed by atoms with Gasteiger partial charge in [0.2, 0.25) is 0 Å². The summed E-state index contributed by atoms with van der Waals surface area (Å²) in [7, 11) is 0. The Morgan fingerprint density at radius 2 is 2.17 bits per heavy atom. The fourth-order valence-electron chi connectivity index (χ4n) is 2.81. The van der Waals surface area contributed by atoms with Crippen molar-refractivity contribution in [2.24, 2.45) is 0 Å². The highest BCUT2D eigenvalue weighted by Gasteiger charge is 2.30. The van der Waals surface area contributed by atoms with Gasteiger partial charge < -0.3 is 0 Å². The number of hydrogen-bond donors (Lipinski definition) is 0. The van der Waals surface area contributed by atoms with Crippen molar-refractivity contribution in [2.45, 2.75) is 19.5 Å². The van der Waals surface area contributed by atoms with Crippen molar-refractivity contribution in [3.05, 3.63) is 53.9 Å². The molecular formula is C15H16FN7. The molecule has 3 heterocycles. The quantitative estimate of drug-likeness (QED) is 0.728. The van der Waals surface area contributed by atoms with Gasteiger partial charge in [0.25, 0.3) is 0 Å². The number of halogens is 1. The minimum atomic E-state index is -0.331. The van der Waals surface area contributed by atoms with Crippen molar-refractivity contribution < 1.29 is 4.39 Å². The Morgan fingerprint density at radius 1 is 1.30 bits per heavy atom. The maximum absolute atomic E-state index is 14.1. The van der Waals surface area contributed by atoms with E-state index in [1.807, 2.05) is 23.9 Å². The van der Waals surface area contributed by atoms with Crippen LogP contribution in [0, 0.1) is 12.7 Å². The normalized spacial score (nSPS) is 15.7. The first-order valence-corrected chi connectivity index (χ1v) is 7.46. The number of aromatic nitrogens is 6. The Kier molecular flexibility index (Phi) is 3.38. The molecule has 0 N–H and O–H groups in total. The molecular weight excluding hydrogens is 297 g/mol. The van der Waals surface area contributed by atoms with Gasteiger partial charge in [0.1, 0.15) is 11.5 Å². The van der Waals surface area contributed by atoms with Crippen LogP contribution >= 0.6 is 0 Å². The van der Waals surface area contributed by atoms with Crippen molar-refractivity contribution in [1.82, 2.24) is 34.9 Å². The van der Waals surface area contributed by atoms with Crippen molar-refractivity contribution >= 4 is 0 Å². The zero-order valence-electron chi connectivity index (χ0n) is 12.7. The molecule has 23 heavy (non-hydrogen) atoms. The van der Waals surface area contributed by atoms with Gasteiger partial charge in [-0.15, -0.1) is 5.10 Å². The summed E-state index contributed by atoms with van der Waals surface area (Å²) in [5.74, 6) is 0.301. The fraction of sp³-hybridized carbons (Fsp3) is 0.333. The average molecular weight is 313 g/mol. The molecule has 0 bridgehead atoms. The fourth-order valence-corrected chi connectivity index (χ4v) is 2.81. The molecule has 1 fully saturated rings. The van der Waals surface area contributed by atoms with Crippen LogP contribution in [0.15, 0.2) is 36.7 Å². The van der Waals surface area contributed by atoms with E-state index >= 15 is 0 Å². The average Bonchev–Trinajstić information content (AvgIpc) is 3.16. The molecule has 7 nitrogen and oxygen atoms in total. The third-order valence-corrected chi connectivity index (χ3v) is 4.07. The molecule has 0 saturated carbocycles. The van der Waals surface area contributed by atoms with Crippen molar-refractivity contribution in [1.29, 1.82) is 0 Å². The molecule has 2 aromatic heterocycles. The van der Waals surface area contributed by atoms with Crippen molar-refractivity contribution in [2.75, 3.05) is 13.1 Å². The lowest BCUT2D eigenvalue weighted by Gasteiger charge is -2.38. The molecule has 0 aliphatic carbocycles. The summed E-state index contributed by atoms with van der Waals surface area (Å²) >= 11 is 0. The van der Waals surface area contributed by atoms with E-state index in [1.54, 1.807) is 18.3 Å². The van der Waals surface area contributed by atoms with Crippen molar-refractivity contribution in [3.8, 4) is 5.69 Å². The summed E-state index contributed by atoms with van der Waals surface area (Å²) in [5.41, 5.74) is 1.35. The van der Waals surface area contributed by atoms with Gasteiger partial charge in [-0.2, -0.15) is 9.78 Å². The highest BCUT2D eigenvalue weighted by atomic mass is 19.1. The third kappa shape index (κ3) is 2.61. The maximum Gasteiger partial charge on any atom is 0.170 e. The van der Waals surface area contributed by atoms with Gasteiger partial charge in [-0.3, -0.25) is 9.58 Å². The van der Waals surface area contributed by atoms with E-state index in [-0.39, 0.29) is 5.82 Å². The first-order chi connectivity index (χ1) is 11.2. The minimum Gasteiger partial charge on any atom is -0.291 e. The number of likely N-dealkylation sites (tertiary alicyclic amines) is 1. The van der Waals surface area contributed by atoms with Crippen molar-refractivity contribution in [3.63, 3.8) is 0 Å². The summed E-state index contributed by atoms with van der Waals surface area (Å²) in [6, 6.07) is 7.22. The second-order valence-electron chi connectivity index (χ2n) is 5.80. The molecule has 0 unspecified atom stereocenters. The predicted octanol–water partition coefficient (Wildman–Crippen LogP) is 1.36. The number of nitrogens with zero attached hydrogens (tertiary/aromatic N) is 7. The van der Waals surface area contributed by atoms with Crippen LogP contribution in [0.25, 0.3) is 5.69 Å². The van der Waals surface area contributed by atoms with Crippen LogP contribution in [-0.2, 0) is 6.54 Å². The molecule has 8 heteroatoms. The van der Waals surface area contributed by atoms with Crippen LogP contribution in [-0.4, -0.2) is 48.0 Å². The van der Waals surface area contributed by atoms with Crippen LogP contribution < -0.4 is 0 Å². The Hall–Kier alpha value is -2.61. The maximum atomic E-state index is 14.1. The lowest BCUT2D eigenvalue weighted by molar-refractivity contribution is 0.0872. The number of aryl methyl sites for hydroxylation is 1. The van der Waals surface area contributed by atoms with E-state index in [0.29, 0.717) is 24.1 Å². The highest BCUT2D eigenvalue weighted by Crippen LogP contribution is 2.23. The third-order valence-electron chi connectivity index (χ3n) is 4.07. The zero-order chi connectivity index (χ0) is 15.8. The minimum absolute atomic E-state index is 0.331. The lowest BCUT2D eigenvalue weighted by atomic mass is 10.1. The first-order valence-electron chi connectivity index (χ1n) is 7.46. The summed E-state index contributed by atoms with van der Waals surface area (Å²) in [4.78, 5) is 2.21. The van der Waals surface area contributed by atoms with Gasteiger partial charge in [0.05, 0.1) is 12.6 Å². The van der Waals surface area contributed by atoms with E-state index in [2.05, 4.69) is 25.5 Å². The van der Waals surface area contributed by atoms with Crippen LogP contribution in [0.1, 0.15) is 17.4 Å². The molecule has 0 spiro atoms. The summed E-state index contributed by atoms with van der Waals surface area (Å²) in [5, 5.41) is 15.9. The standard InChI is InChI=1S/C15H16FN7/c1-11-3-4-13(16)14(7-11)23-15(18-19-20-23)10-21-8-12(9-21)22-6-2-5-17-22/h2-7,12H,8-10H2,1H3. The molecule has 1 aliphatic heterocycles. The summed E-state index contributed by atoms with van der Waals surface area (Å²) < 4.78 is 17.5. The Balaban J connectivity index is 1.49. The van der Waals surface area contributed by atoms with Crippen LogP contribution in [0.4, 0.5) is 4.39 Å². The Morgan fingerprint density at radius 3 is 2.96 bits per heavy atom. The zero-order valence-corrected chi connectivity index (χ0v) is 12.7. The van der Waals surface area contributed by atoms with E-state index in [9.17, 15) is 4.39 Å². The summed E-state index contributed by atoms with van der Waals surface area (Å²) in [6.07, 6.45) is 3.75. The van der Waals surface area contributed by atoms with E-state index in [1.165, 1.54) is 10.7 Å². The second kappa shape index (κ2) is 5.54. The largest absolute Gasteiger partial charge is 0.291 e. The van der Waals surface area contributed by atoms with Gasteiger partial charge in [0, 0.05) is 25.5 Å². The lowest BCUT2D eigenvalue weighted by Crippen LogP contribution is -2.47. The van der Waals surface area contributed by atoms with Crippen LogP contribution in [0.2, 0.25) is 0 Å². The van der Waals surface area contributed by atoms with Gasteiger partial charge >= 0.3 is 0 Å². The van der Waals surface area contributed by atoms with E-state index in [0.717, 1.165) is 18.7 Å². The van der Waals surface area contributed by atoms with E-state index in [4.69, 9.17) is 0 Å². The van der Waals surface area contributed by atoms with Gasteiger partial charge in [0.15, 0.2) is 5.82 Å². The number of tetrazole rings is 1. The van der Waals surface area contributed by atoms with Gasteiger partial charge in [-0.25, -0.2) is 4.39 Å². The molecule has 118 valence electrons. The molecule has 0 amide bonds. The second-order valence-corrected chi connectivity index (χ2v) is 5.80. The molecule has 4 rings (SSSR count). The predicted molar refractivity (Wildman–Crippen MR) is 80.4 cm³/mol. The van der Waals surface area contributed by atoms with Gasteiger partial charge in [-0.1, -0.05) is 6.07 Å². The SMILES string of the molecule is Cc1ccc(F)c(-n2nnnc2CN2CC(n3cccn3)C2)c1. The summed E-state index contributed by atoms with van der Waals surface area (Å²) in [6.45, 7) is 4.25. The first kappa shape index (κ1) is 14.0. The highest BCUT2D eigenvalue weighted by molar-refractivity contribution is 5.36. The molecule has 0 atom stereocenters. The number of benzene rings is 1. The monoisotopic (exact) mass is 313 g/mol. The van der Waals surface area contributed by atoms with Gasteiger partial charge in [-0.05, 0) is 41.1 Å². The smallest absolute Gasteiger partial charge is 0.170 e. The molecule has 0 radical (unpaired) electrons. The topological polar surface area (TPSA) is 64.7 Å². The molecule has 1 saturated heterocycles. The Labute approximate surface area is 132 Å². The van der Waals surface area contributed by atoms with Crippen LogP contribution in [0.3, 0.4) is 0 Å². The number of hydrogen-bond acceptors (Lipinski definition) is 5. The van der Waals surface area contributed by atoms with E-state index < -0.39 is 0 Å². The van der Waals surface area contributed by atoms with Crippen LogP contribution in [0.5, 0.6) is 0 Å².